The Morgan fingerprint density at radius 2 is 1.83 bits per heavy atom. The summed E-state index contributed by atoms with van der Waals surface area (Å²) in [6, 6.07) is 8.98. The molecule has 5 nitrogen and oxygen atoms in total. The lowest BCUT2D eigenvalue weighted by atomic mass is 10.1. The Kier molecular flexibility index (Phi) is 4.71. The lowest BCUT2D eigenvalue weighted by Gasteiger charge is -2.26. The molecule has 0 aliphatic carbocycles. The molecule has 1 N–H and O–H groups in total. The Bertz CT molecular complexity index is 706. The number of nitrogens with zero attached hydrogens (tertiary/aromatic N) is 2. The van der Waals surface area contributed by atoms with Crippen LogP contribution in [0.3, 0.4) is 0 Å². The van der Waals surface area contributed by atoms with Crippen molar-refractivity contribution in [2.24, 2.45) is 0 Å². The number of benzene rings is 1. The summed E-state index contributed by atoms with van der Waals surface area (Å²) in [6.45, 7) is 3.43. The lowest BCUT2D eigenvalue weighted by molar-refractivity contribution is 0.0728. The van der Waals surface area contributed by atoms with Crippen LogP contribution in [0.4, 0.5) is 5.13 Å². The van der Waals surface area contributed by atoms with Crippen molar-refractivity contribution in [3.05, 3.63) is 46.5 Å². The van der Waals surface area contributed by atoms with Crippen molar-refractivity contribution in [2.45, 2.75) is 26.2 Å². The smallest absolute Gasteiger partial charge is 0.265 e. The van der Waals surface area contributed by atoms with Crippen LogP contribution in [0.2, 0.25) is 0 Å². The van der Waals surface area contributed by atoms with E-state index in [1.807, 2.05) is 30.0 Å². The highest BCUT2D eigenvalue weighted by Gasteiger charge is 2.23. The molecular weight excluding hydrogens is 310 g/mol. The van der Waals surface area contributed by atoms with E-state index >= 15 is 0 Å². The van der Waals surface area contributed by atoms with Gasteiger partial charge >= 0.3 is 0 Å². The van der Waals surface area contributed by atoms with E-state index in [4.69, 9.17) is 0 Å². The number of hydrogen-bond acceptors (Lipinski definition) is 4. The maximum atomic E-state index is 12.6. The minimum atomic E-state index is -0.212. The van der Waals surface area contributed by atoms with Crippen LogP contribution in [-0.2, 0) is 0 Å². The summed E-state index contributed by atoms with van der Waals surface area (Å²) >= 11 is 1.25. The lowest BCUT2D eigenvalue weighted by Crippen LogP contribution is -2.35. The van der Waals surface area contributed by atoms with Gasteiger partial charge in [0.15, 0.2) is 5.13 Å². The van der Waals surface area contributed by atoms with E-state index < -0.39 is 0 Å². The summed E-state index contributed by atoms with van der Waals surface area (Å²) in [4.78, 5) is 31.6. The first-order valence-corrected chi connectivity index (χ1v) is 8.60. The van der Waals surface area contributed by atoms with Crippen LogP contribution in [-0.4, -0.2) is 34.8 Å². The highest BCUT2D eigenvalue weighted by atomic mass is 32.1. The molecule has 1 aromatic heterocycles. The van der Waals surface area contributed by atoms with Gasteiger partial charge in [-0.1, -0.05) is 29.5 Å². The minimum absolute atomic E-state index is 0.0277. The fraction of sp³-hybridized carbons (Fsp3) is 0.353. The van der Waals surface area contributed by atoms with Gasteiger partial charge in [0.1, 0.15) is 4.88 Å². The van der Waals surface area contributed by atoms with Gasteiger partial charge in [0, 0.05) is 18.7 Å². The van der Waals surface area contributed by atoms with Gasteiger partial charge in [-0.05, 0) is 38.3 Å². The molecule has 6 heteroatoms. The van der Waals surface area contributed by atoms with Crippen LogP contribution in [0, 0.1) is 6.92 Å². The third kappa shape index (κ3) is 3.59. The summed E-state index contributed by atoms with van der Waals surface area (Å²) in [6.07, 6.45) is 3.30. The average Bonchev–Trinajstić information content (AvgIpc) is 2.96. The number of thiazole rings is 1. The zero-order valence-corrected chi connectivity index (χ0v) is 13.9. The molecule has 1 aliphatic rings. The molecule has 0 saturated carbocycles. The van der Waals surface area contributed by atoms with E-state index in [0.717, 1.165) is 25.9 Å². The van der Waals surface area contributed by atoms with Gasteiger partial charge in [-0.15, -0.1) is 0 Å². The normalized spacial score (nSPS) is 14.6. The van der Waals surface area contributed by atoms with Crippen molar-refractivity contribution in [1.29, 1.82) is 0 Å². The van der Waals surface area contributed by atoms with Gasteiger partial charge < -0.3 is 4.90 Å². The molecule has 0 radical (unpaired) electrons. The first-order valence-electron chi connectivity index (χ1n) is 7.78. The molecule has 23 heavy (non-hydrogen) atoms. The first-order chi connectivity index (χ1) is 11.1. The molecule has 120 valence electrons. The zero-order chi connectivity index (χ0) is 16.2. The van der Waals surface area contributed by atoms with Crippen LogP contribution >= 0.6 is 11.3 Å². The molecule has 2 amide bonds. The van der Waals surface area contributed by atoms with Crippen molar-refractivity contribution in [3.63, 3.8) is 0 Å². The average molecular weight is 329 g/mol. The van der Waals surface area contributed by atoms with Crippen molar-refractivity contribution in [1.82, 2.24) is 9.88 Å². The van der Waals surface area contributed by atoms with Crippen molar-refractivity contribution in [3.8, 4) is 0 Å². The predicted octanol–water partition coefficient (Wildman–Crippen LogP) is 3.33. The number of rotatable bonds is 3. The van der Waals surface area contributed by atoms with Gasteiger partial charge in [-0.3, -0.25) is 14.9 Å². The quantitative estimate of drug-likeness (QED) is 0.939. The number of hydrogen-bond donors (Lipinski definition) is 1. The molecule has 1 saturated heterocycles. The largest absolute Gasteiger partial charge is 0.338 e. The van der Waals surface area contributed by atoms with Gasteiger partial charge in [0.05, 0.1) is 5.69 Å². The fourth-order valence-corrected chi connectivity index (χ4v) is 3.58. The maximum absolute atomic E-state index is 12.6. The molecule has 0 atom stereocenters. The second kappa shape index (κ2) is 6.91. The monoisotopic (exact) mass is 329 g/mol. The molecule has 0 bridgehead atoms. The van der Waals surface area contributed by atoms with Crippen molar-refractivity contribution in [2.75, 3.05) is 18.4 Å². The Morgan fingerprint density at radius 1 is 1.13 bits per heavy atom. The van der Waals surface area contributed by atoms with E-state index in [2.05, 4.69) is 10.3 Å². The second-order valence-corrected chi connectivity index (χ2v) is 6.61. The number of carbonyl (C=O) groups excluding carboxylic acids is 2. The number of anilines is 1. The Hall–Kier alpha value is -2.21. The summed E-state index contributed by atoms with van der Waals surface area (Å²) in [5.74, 6) is -0.184. The van der Waals surface area contributed by atoms with Gasteiger partial charge in [-0.25, -0.2) is 4.98 Å². The molecule has 0 unspecified atom stereocenters. The van der Waals surface area contributed by atoms with Crippen LogP contribution in [0.25, 0.3) is 0 Å². The second-order valence-electron chi connectivity index (χ2n) is 5.61. The molecule has 1 fully saturated rings. The first kappa shape index (κ1) is 15.7. The summed E-state index contributed by atoms with van der Waals surface area (Å²) in [5, 5.41) is 3.24. The number of amides is 2. The Labute approximate surface area is 139 Å². The maximum Gasteiger partial charge on any atom is 0.265 e. The summed E-state index contributed by atoms with van der Waals surface area (Å²) in [5.41, 5.74) is 1.25. The number of likely N-dealkylation sites (tertiary alicyclic amines) is 1. The van der Waals surface area contributed by atoms with E-state index in [0.29, 0.717) is 21.3 Å². The molecular formula is C17H19N3O2S. The third-order valence-corrected chi connectivity index (χ3v) is 4.95. The Morgan fingerprint density at radius 3 is 2.52 bits per heavy atom. The van der Waals surface area contributed by atoms with Crippen LogP contribution < -0.4 is 5.32 Å². The Balaban J connectivity index is 1.73. The van der Waals surface area contributed by atoms with E-state index in [1.54, 1.807) is 12.1 Å². The van der Waals surface area contributed by atoms with Crippen molar-refractivity contribution < 1.29 is 9.59 Å². The van der Waals surface area contributed by atoms with Crippen LogP contribution in [0.5, 0.6) is 0 Å². The van der Waals surface area contributed by atoms with E-state index in [1.165, 1.54) is 17.8 Å². The standard InChI is InChI=1S/C17H19N3O2S/c1-12-14(16(22)20-10-6-3-7-11-20)23-17(18-12)19-15(21)13-8-4-2-5-9-13/h2,4-5,8-9H,3,6-7,10-11H2,1H3,(H,18,19,21). The minimum Gasteiger partial charge on any atom is -0.338 e. The summed E-state index contributed by atoms with van der Waals surface area (Å²) in [7, 11) is 0. The number of piperidine rings is 1. The van der Waals surface area contributed by atoms with Gasteiger partial charge in [-0.2, -0.15) is 0 Å². The number of nitrogens with one attached hydrogen (secondary N) is 1. The molecule has 2 heterocycles. The molecule has 3 rings (SSSR count). The van der Waals surface area contributed by atoms with Gasteiger partial charge in [0.2, 0.25) is 0 Å². The predicted molar refractivity (Wildman–Crippen MR) is 91.0 cm³/mol. The zero-order valence-electron chi connectivity index (χ0n) is 13.0. The highest BCUT2D eigenvalue weighted by Crippen LogP contribution is 2.25. The number of carbonyl (C=O) groups is 2. The molecule has 1 aromatic carbocycles. The van der Waals surface area contributed by atoms with E-state index in [9.17, 15) is 9.59 Å². The number of aryl methyl sites for hydroxylation is 1. The van der Waals surface area contributed by atoms with Gasteiger partial charge in [0.25, 0.3) is 11.8 Å². The molecule has 0 spiro atoms. The third-order valence-electron chi connectivity index (χ3n) is 3.89. The fourth-order valence-electron chi connectivity index (χ4n) is 2.65. The summed E-state index contributed by atoms with van der Waals surface area (Å²) < 4.78 is 0. The molecule has 1 aliphatic heterocycles. The number of aromatic nitrogens is 1. The van der Waals surface area contributed by atoms with Crippen LogP contribution in [0.15, 0.2) is 30.3 Å². The van der Waals surface area contributed by atoms with E-state index in [-0.39, 0.29) is 11.8 Å². The topological polar surface area (TPSA) is 62.3 Å². The highest BCUT2D eigenvalue weighted by molar-refractivity contribution is 7.17. The van der Waals surface area contributed by atoms with Crippen LogP contribution in [0.1, 0.15) is 45.0 Å². The molecule has 2 aromatic rings. The van der Waals surface area contributed by atoms with Crippen molar-refractivity contribution >= 4 is 28.3 Å². The SMILES string of the molecule is Cc1nc(NC(=O)c2ccccc2)sc1C(=O)N1CCCCC1.